The Morgan fingerprint density at radius 3 is 2.04 bits per heavy atom. The fourth-order valence-corrected chi connectivity index (χ4v) is 6.77. The zero-order chi connectivity index (χ0) is 15.9. The smallest absolute Gasteiger partial charge is 0.152 e. The Hall–Kier alpha value is -0.410. The molecule has 0 aromatic carbocycles. The zero-order valence-corrected chi connectivity index (χ0v) is 14.5. The fraction of sp³-hybridized carbons (Fsp3) is 0.950. The molecule has 0 amide bonds. The van der Waals surface area contributed by atoms with Crippen LogP contribution in [0, 0.1) is 23.2 Å². The van der Waals surface area contributed by atoms with Crippen LogP contribution in [0.1, 0.15) is 70.6 Å². The number of rotatable bonds is 6. The third-order valence-electron chi connectivity index (χ3n) is 7.45. The molecule has 3 nitrogen and oxygen atoms in total. The topological polar surface area (TPSA) is 40.5 Å². The summed E-state index contributed by atoms with van der Waals surface area (Å²) < 4.78 is 0. The highest BCUT2D eigenvalue weighted by atomic mass is 16.3. The van der Waals surface area contributed by atoms with Crippen molar-refractivity contribution in [3.8, 4) is 0 Å². The number of hydrogen-bond donors (Lipinski definition) is 1. The van der Waals surface area contributed by atoms with Gasteiger partial charge < -0.3 is 5.11 Å². The number of aliphatic hydroxyl groups excluding tert-OH is 1. The predicted octanol–water partition coefficient (Wildman–Crippen LogP) is 3.40. The molecule has 0 aliphatic heterocycles. The van der Waals surface area contributed by atoms with Gasteiger partial charge in [-0.15, -0.1) is 0 Å². The maximum atomic E-state index is 13.3. The molecule has 5 saturated carbocycles. The molecule has 5 aliphatic rings. The van der Waals surface area contributed by atoms with E-state index < -0.39 is 0 Å². The van der Waals surface area contributed by atoms with Gasteiger partial charge in [0.15, 0.2) is 5.78 Å². The zero-order valence-electron chi connectivity index (χ0n) is 14.5. The van der Waals surface area contributed by atoms with Crippen LogP contribution >= 0.6 is 0 Å². The second-order valence-corrected chi connectivity index (χ2v) is 9.11. The van der Waals surface area contributed by atoms with Gasteiger partial charge in [0.1, 0.15) is 0 Å². The number of Topliss-reactive ketones (excluding diaryl/α,β-unsaturated/α-hetero) is 1. The molecule has 5 fully saturated rings. The monoisotopic (exact) mass is 319 g/mol. The van der Waals surface area contributed by atoms with Crippen LogP contribution in [0.3, 0.4) is 0 Å². The molecule has 0 unspecified atom stereocenters. The van der Waals surface area contributed by atoms with Crippen LogP contribution in [-0.4, -0.2) is 41.5 Å². The van der Waals surface area contributed by atoms with E-state index >= 15 is 0 Å². The van der Waals surface area contributed by atoms with Crippen LogP contribution in [0.25, 0.3) is 0 Å². The van der Waals surface area contributed by atoms with Crippen molar-refractivity contribution in [3.63, 3.8) is 0 Å². The Labute approximate surface area is 140 Å². The molecule has 130 valence electrons. The summed E-state index contributed by atoms with van der Waals surface area (Å²) in [6.45, 7) is 1.48. The van der Waals surface area contributed by atoms with E-state index in [-0.39, 0.29) is 12.0 Å². The van der Waals surface area contributed by atoms with Gasteiger partial charge in [0, 0.05) is 18.0 Å². The van der Waals surface area contributed by atoms with Gasteiger partial charge in [-0.1, -0.05) is 19.3 Å². The fourth-order valence-electron chi connectivity index (χ4n) is 6.77. The molecule has 5 aliphatic carbocycles. The quantitative estimate of drug-likeness (QED) is 0.816. The van der Waals surface area contributed by atoms with E-state index in [1.165, 1.54) is 70.6 Å². The van der Waals surface area contributed by atoms with Crippen LogP contribution in [0.5, 0.6) is 0 Å². The SMILES string of the molecule is O=C(CN(CCO)C1CCCCC1)C12CC3CC(CC(C3)C1)C2. The van der Waals surface area contributed by atoms with E-state index in [4.69, 9.17) is 0 Å². The van der Waals surface area contributed by atoms with E-state index in [1.807, 2.05) is 0 Å². The molecule has 23 heavy (non-hydrogen) atoms. The highest BCUT2D eigenvalue weighted by molar-refractivity contribution is 5.87. The maximum absolute atomic E-state index is 13.3. The van der Waals surface area contributed by atoms with Crippen LogP contribution in [-0.2, 0) is 4.79 Å². The molecule has 3 heteroatoms. The van der Waals surface area contributed by atoms with Crippen molar-refractivity contribution >= 4 is 5.78 Å². The molecule has 0 saturated heterocycles. The molecular weight excluding hydrogens is 286 g/mol. The minimum atomic E-state index is 0.0249. The van der Waals surface area contributed by atoms with E-state index in [9.17, 15) is 9.90 Å². The second kappa shape index (κ2) is 6.48. The van der Waals surface area contributed by atoms with Crippen LogP contribution < -0.4 is 0 Å². The summed E-state index contributed by atoms with van der Waals surface area (Å²) in [5.41, 5.74) is 0.0249. The minimum Gasteiger partial charge on any atom is -0.395 e. The van der Waals surface area contributed by atoms with Gasteiger partial charge >= 0.3 is 0 Å². The second-order valence-electron chi connectivity index (χ2n) is 9.11. The van der Waals surface area contributed by atoms with Crippen molar-refractivity contribution in [1.82, 2.24) is 4.90 Å². The summed E-state index contributed by atoms with van der Waals surface area (Å²) in [6, 6.07) is 0.536. The molecule has 0 aromatic rings. The van der Waals surface area contributed by atoms with Gasteiger partial charge in [0.2, 0.25) is 0 Å². The average molecular weight is 319 g/mol. The van der Waals surface area contributed by atoms with Crippen LogP contribution in [0.2, 0.25) is 0 Å². The van der Waals surface area contributed by atoms with Crippen molar-refractivity contribution in [2.24, 2.45) is 23.2 Å². The predicted molar refractivity (Wildman–Crippen MR) is 91.1 cm³/mol. The Bertz CT molecular complexity index is 406. The summed E-state index contributed by atoms with van der Waals surface area (Å²) in [7, 11) is 0. The first-order valence-electron chi connectivity index (χ1n) is 10.1. The first kappa shape index (κ1) is 16.1. The summed E-state index contributed by atoms with van der Waals surface area (Å²) >= 11 is 0. The Morgan fingerprint density at radius 1 is 0.957 bits per heavy atom. The Morgan fingerprint density at radius 2 is 1.52 bits per heavy atom. The van der Waals surface area contributed by atoms with E-state index in [0.717, 1.165) is 17.8 Å². The molecular formula is C20H33NO2. The first-order chi connectivity index (χ1) is 11.2. The third-order valence-corrected chi connectivity index (χ3v) is 7.45. The molecule has 1 N–H and O–H groups in total. The lowest BCUT2D eigenvalue weighted by Gasteiger charge is -2.56. The van der Waals surface area contributed by atoms with E-state index in [2.05, 4.69) is 4.90 Å². The average Bonchev–Trinajstić information content (AvgIpc) is 2.54. The number of ketones is 1. The molecule has 0 spiro atoms. The van der Waals surface area contributed by atoms with Crippen LogP contribution in [0.4, 0.5) is 0 Å². The standard InChI is InChI=1S/C20H33NO2/c22-7-6-21(18-4-2-1-3-5-18)14-19(23)20-11-15-8-16(12-20)10-17(9-15)13-20/h15-18,22H,1-14H2. The Balaban J connectivity index is 1.45. The molecule has 0 heterocycles. The number of carbonyl (C=O) groups excluding carboxylic acids is 1. The number of carbonyl (C=O) groups is 1. The van der Waals surface area contributed by atoms with Gasteiger partial charge in [-0.05, 0) is 69.1 Å². The van der Waals surface area contributed by atoms with Gasteiger partial charge in [-0.3, -0.25) is 9.69 Å². The lowest BCUT2D eigenvalue weighted by molar-refractivity contribution is -0.145. The summed E-state index contributed by atoms with van der Waals surface area (Å²) in [6.07, 6.45) is 14.1. The van der Waals surface area contributed by atoms with Gasteiger partial charge in [-0.25, -0.2) is 0 Å². The van der Waals surface area contributed by atoms with Crippen molar-refractivity contribution in [2.45, 2.75) is 76.7 Å². The minimum absolute atomic E-state index is 0.0249. The summed E-state index contributed by atoms with van der Waals surface area (Å²) in [5.74, 6) is 3.04. The molecule has 5 rings (SSSR count). The molecule has 0 radical (unpaired) electrons. The lowest BCUT2D eigenvalue weighted by Crippen LogP contribution is -2.53. The van der Waals surface area contributed by atoms with Crippen molar-refractivity contribution < 1.29 is 9.90 Å². The largest absolute Gasteiger partial charge is 0.395 e. The molecule has 0 aromatic heterocycles. The number of aliphatic hydroxyl groups is 1. The summed E-state index contributed by atoms with van der Waals surface area (Å²) in [5, 5.41) is 9.46. The summed E-state index contributed by atoms with van der Waals surface area (Å²) in [4.78, 5) is 15.6. The van der Waals surface area contributed by atoms with E-state index in [1.54, 1.807) is 0 Å². The van der Waals surface area contributed by atoms with E-state index in [0.29, 0.717) is 24.9 Å². The molecule has 0 atom stereocenters. The lowest BCUT2D eigenvalue weighted by atomic mass is 9.48. The van der Waals surface area contributed by atoms with Gasteiger partial charge in [-0.2, -0.15) is 0 Å². The van der Waals surface area contributed by atoms with Crippen molar-refractivity contribution in [1.29, 1.82) is 0 Å². The first-order valence-corrected chi connectivity index (χ1v) is 10.1. The highest BCUT2D eigenvalue weighted by Crippen LogP contribution is 2.60. The number of nitrogens with zero attached hydrogens (tertiary/aromatic N) is 1. The maximum Gasteiger partial charge on any atom is 0.152 e. The third kappa shape index (κ3) is 3.11. The highest BCUT2D eigenvalue weighted by Gasteiger charge is 2.54. The number of hydrogen-bond acceptors (Lipinski definition) is 3. The van der Waals surface area contributed by atoms with Crippen molar-refractivity contribution in [3.05, 3.63) is 0 Å². The van der Waals surface area contributed by atoms with Gasteiger partial charge in [0.25, 0.3) is 0 Å². The van der Waals surface area contributed by atoms with Crippen molar-refractivity contribution in [2.75, 3.05) is 19.7 Å². The normalized spacial score (nSPS) is 40.0. The van der Waals surface area contributed by atoms with Crippen LogP contribution in [0.15, 0.2) is 0 Å². The Kier molecular flexibility index (Phi) is 4.53. The van der Waals surface area contributed by atoms with Gasteiger partial charge in [0.05, 0.1) is 13.2 Å². The molecule has 4 bridgehead atoms.